The van der Waals surface area contributed by atoms with Gasteiger partial charge in [-0.15, -0.1) is 0 Å². The summed E-state index contributed by atoms with van der Waals surface area (Å²) in [5.74, 6) is -0.900. The van der Waals surface area contributed by atoms with Crippen LogP contribution < -0.4 is 11.1 Å². The molecular weight excluding hydrogens is 234 g/mol. The van der Waals surface area contributed by atoms with Gasteiger partial charge in [0, 0.05) is 5.02 Å². The molecular formula is C9H10ClN3O3. The third-order valence-corrected chi connectivity index (χ3v) is 2.00. The van der Waals surface area contributed by atoms with Gasteiger partial charge in [0.25, 0.3) is 5.91 Å². The minimum atomic E-state index is -0.563. The van der Waals surface area contributed by atoms with Crippen molar-refractivity contribution >= 4 is 23.3 Å². The topological polar surface area (TPSA) is 108 Å². The van der Waals surface area contributed by atoms with E-state index in [2.05, 4.69) is 10.5 Å². The van der Waals surface area contributed by atoms with Crippen LogP contribution in [0.25, 0.3) is 0 Å². The Morgan fingerprint density at radius 1 is 1.56 bits per heavy atom. The number of nitrogens with zero attached hydrogens (tertiary/aromatic N) is 1. The second kappa shape index (κ2) is 5.22. The van der Waals surface area contributed by atoms with E-state index in [4.69, 9.17) is 22.5 Å². The lowest BCUT2D eigenvalue weighted by molar-refractivity contribution is 0.0956. The van der Waals surface area contributed by atoms with Gasteiger partial charge in [0.05, 0.1) is 12.1 Å². The van der Waals surface area contributed by atoms with Gasteiger partial charge in [-0.3, -0.25) is 4.79 Å². The molecule has 0 unspecified atom stereocenters. The monoisotopic (exact) mass is 243 g/mol. The maximum atomic E-state index is 11.5. The van der Waals surface area contributed by atoms with Gasteiger partial charge in [0.15, 0.2) is 5.84 Å². The summed E-state index contributed by atoms with van der Waals surface area (Å²) >= 11 is 5.67. The molecule has 0 saturated carbocycles. The number of carbonyl (C=O) groups excluding carboxylic acids is 1. The van der Waals surface area contributed by atoms with Crippen molar-refractivity contribution in [1.82, 2.24) is 5.32 Å². The van der Waals surface area contributed by atoms with Crippen molar-refractivity contribution in [2.45, 2.75) is 0 Å². The van der Waals surface area contributed by atoms with Crippen molar-refractivity contribution < 1.29 is 15.1 Å². The number of phenols is 1. The molecule has 0 spiro atoms. The summed E-state index contributed by atoms with van der Waals surface area (Å²) in [6.45, 7) is -0.124. The molecule has 1 rings (SSSR count). The quantitative estimate of drug-likeness (QED) is 0.269. The standard InChI is InChI=1S/C9H10ClN3O3/c10-5-1-2-7(14)6(3-5)9(15)12-4-8(11)13-16/h1-3,14,16H,4H2,(H2,11,13)(H,12,15). The Labute approximate surface area is 96.3 Å². The molecule has 0 fully saturated rings. The average Bonchev–Trinajstić information content (AvgIpc) is 2.28. The van der Waals surface area contributed by atoms with E-state index in [1.807, 2.05) is 0 Å². The van der Waals surface area contributed by atoms with E-state index in [1.54, 1.807) is 0 Å². The summed E-state index contributed by atoms with van der Waals surface area (Å²) in [6.07, 6.45) is 0. The van der Waals surface area contributed by atoms with Crippen molar-refractivity contribution in [2.75, 3.05) is 6.54 Å². The summed E-state index contributed by atoms with van der Waals surface area (Å²) in [6, 6.07) is 4.08. The molecule has 0 saturated heterocycles. The first-order valence-electron chi connectivity index (χ1n) is 4.27. The zero-order valence-electron chi connectivity index (χ0n) is 8.14. The van der Waals surface area contributed by atoms with Crippen LogP contribution in [0.4, 0.5) is 0 Å². The Hall–Kier alpha value is -1.95. The highest BCUT2D eigenvalue weighted by atomic mass is 35.5. The minimum Gasteiger partial charge on any atom is -0.507 e. The largest absolute Gasteiger partial charge is 0.507 e. The second-order valence-electron chi connectivity index (χ2n) is 2.94. The molecule has 16 heavy (non-hydrogen) atoms. The Bertz CT molecular complexity index is 434. The van der Waals surface area contributed by atoms with Crippen LogP contribution in [0, 0.1) is 0 Å². The molecule has 1 amide bonds. The number of hydrogen-bond donors (Lipinski definition) is 4. The zero-order chi connectivity index (χ0) is 12.1. The SMILES string of the molecule is N/C(CNC(=O)c1cc(Cl)ccc1O)=N\O. The average molecular weight is 244 g/mol. The molecule has 0 heterocycles. The highest BCUT2D eigenvalue weighted by molar-refractivity contribution is 6.31. The smallest absolute Gasteiger partial charge is 0.255 e. The molecule has 0 aliphatic carbocycles. The molecule has 0 bridgehead atoms. The predicted molar refractivity (Wildman–Crippen MR) is 58.9 cm³/mol. The van der Waals surface area contributed by atoms with Gasteiger partial charge >= 0.3 is 0 Å². The van der Waals surface area contributed by atoms with Gasteiger partial charge in [0.2, 0.25) is 0 Å². The van der Waals surface area contributed by atoms with Gasteiger partial charge in [-0.05, 0) is 18.2 Å². The molecule has 0 radical (unpaired) electrons. The molecule has 1 aromatic carbocycles. The van der Waals surface area contributed by atoms with Gasteiger partial charge in [0.1, 0.15) is 5.75 Å². The van der Waals surface area contributed by atoms with Crippen molar-refractivity contribution in [3.05, 3.63) is 28.8 Å². The Kier molecular flexibility index (Phi) is 3.96. The summed E-state index contributed by atoms with van der Waals surface area (Å²) in [5.41, 5.74) is 5.19. The van der Waals surface area contributed by atoms with E-state index in [0.717, 1.165) is 0 Å². The van der Waals surface area contributed by atoms with Crippen LogP contribution in [0.1, 0.15) is 10.4 Å². The predicted octanol–water partition coefficient (Wildman–Crippen LogP) is 0.522. The summed E-state index contributed by atoms with van der Waals surface area (Å²) in [5, 5.41) is 23.0. The van der Waals surface area contributed by atoms with Crippen molar-refractivity contribution in [3.63, 3.8) is 0 Å². The molecule has 0 atom stereocenters. The van der Waals surface area contributed by atoms with E-state index in [-0.39, 0.29) is 23.7 Å². The summed E-state index contributed by atoms with van der Waals surface area (Å²) < 4.78 is 0. The number of hydrogen-bond acceptors (Lipinski definition) is 4. The molecule has 5 N–H and O–H groups in total. The van der Waals surface area contributed by atoms with E-state index in [0.29, 0.717) is 5.02 Å². The van der Waals surface area contributed by atoms with Gasteiger partial charge in [-0.1, -0.05) is 16.8 Å². The fraction of sp³-hybridized carbons (Fsp3) is 0.111. The zero-order valence-corrected chi connectivity index (χ0v) is 8.90. The lowest BCUT2D eigenvalue weighted by Crippen LogP contribution is -2.33. The highest BCUT2D eigenvalue weighted by Gasteiger charge is 2.11. The number of aromatic hydroxyl groups is 1. The van der Waals surface area contributed by atoms with Crippen LogP contribution in [0.5, 0.6) is 5.75 Å². The van der Waals surface area contributed by atoms with E-state index >= 15 is 0 Å². The fourth-order valence-corrected chi connectivity index (χ4v) is 1.16. The Balaban J connectivity index is 2.77. The molecule has 6 nitrogen and oxygen atoms in total. The van der Waals surface area contributed by atoms with Crippen molar-refractivity contribution in [2.24, 2.45) is 10.9 Å². The molecule has 86 valence electrons. The first-order valence-corrected chi connectivity index (χ1v) is 4.65. The molecule has 7 heteroatoms. The lowest BCUT2D eigenvalue weighted by Gasteiger charge is -2.06. The van der Waals surface area contributed by atoms with Crippen LogP contribution in [0.15, 0.2) is 23.4 Å². The number of phenolic OH excluding ortho intramolecular Hbond substituents is 1. The van der Waals surface area contributed by atoms with Crippen molar-refractivity contribution in [1.29, 1.82) is 0 Å². The molecule has 0 aliphatic heterocycles. The minimum absolute atomic E-state index is 0.0261. The number of oxime groups is 1. The van der Waals surface area contributed by atoms with Gasteiger partial charge in [-0.2, -0.15) is 0 Å². The third kappa shape index (κ3) is 3.03. The normalized spacial score (nSPS) is 11.2. The van der Waals surface area contributed by atoms with E-state index in [1.165, 1.54) is 18.2 Å². The summed E-state index contributed by atoms with van der Waals surface area (Å²) in [7, 11) is 0. The Morgan fingerprint density at radius 3 is 2.88 bits per heavy atom. The van der Waals surface area contributed by atoms with E-state index in [9.17, 15) is 9.90 Å². The Morgan fingerprint density at radius 2 is 2.25 bits per heavy atom. The first kappa shape index (κ1) is 12.1. The lowest BCUT2D eigenvalue weighted by atomic mass is 10.2. The molecule has 1 aromatic rings. The number of halogens is 1. The number of nitrogens with two attached hydrogens (primary N) is 1. The van der Waals surface area contributed by atoms with Crippen LogP contribution in [-0.4, -0.2) is 28.6 Å². The summed E-state index contributed by atoms with van der Waals surface area (Å²) in [4.78, 5) is 11.5. The molecule has 0 aliphatic rings. The fourth-order valence-electron chi connectivity index (χ4n) is 0.992. The number of amides is 1. The number of rotatable bonds is 3. The highest BCUT2D eigenvalue weighted by Crippen LogP contribution is 2.20. The van der Waals surface area contributed by atoms with Crippen LogP contribution >= 0.6 is 11.6 Å². The second-order valence-corrected chi connectivity index (χ2v) is 3.37. The van der Waals surface area contributed by atoms with Crippen LogP contribution in [0.3, 0.4) is 0 Å². The molecule has 0 aromatic heterocycles. The van der Waals surface area contributed by atoms with Gasteiger partial charge in [-0.25, -0.2) is 0 Å². The number of nitrogens with one attached hydrogen (secondary N) is 1. The van der Waals surface area contributed by atoms with Crippen molar-refractivity contribution in [3.8, 4) is 5.75 Å². The van der Waals surface area contributed by atoms with E-state index < -0.39 is 5.91 Å². The maximum absolute atomic E-state index is 11.5. The van der Waals surface area contributed by atoms with Crippen LogP contribution in [0.2, 0.25) is 5.02 Å². The van der Waals surface area contributed by atoms with Crippen LogP contribution in [-0.2, 0) is 0 Å². The first-order chi connectivity index (χ1) is 7.54. The maximum Gasteiger partial charge on any atom is 0.255 e. The third-order valence-electron chi connectivity index (χ3n) is 1.76. The number of amidine groups is 1. The van der Waals surface area contributed by atoms with Gasteiger partial charge < -0.3 is 21.4 Å². The number of carbonyl (C=O) groups is 1. The number of benzene rings is 1.